The minimum atomic E-state index is -0.608. The van der Waals surface area contributed by atoms with E-state index in [2.05, 4.69) is 28.2 Å². The fourth-order valence-corrected chi connectivity index (χ4v) is 4.09. The summed E-state index contributed by atoms with van der Waals surface area (Å²) < 4.78 is 1.06. The lowest BCUT2D eigenvalue weighted by Crippen LogP contribution is -2.55. The first kappa shape index (κ1) is 14.0. The highest BCUT2D eigenvalue weighted by Gasteiger charge is 2.50. The second-order valence-electron chi connectivity index (χ2n) is 4.85. The number of carbonyl (C=O) groups is 1. The van der Waals surface area contributed by atoms with Crippen LogP contribution in [0.4, 0.5) is 0 Å². The fraction of sp³-hybridized carbons (Fsp3) is 0.500. The van der Waals surface area contributed by atoms with Crippen LogP contribution < -0.4 is 11.1 Å². The highest BCUT2D eigenvalue weighted by Crippen LogP contribution is 2.46. The number of carbonyl (C=O) groups excluding carboxylic acids is 1. The lowest BCUT2D eigenvalue weighted by molar-refractivity contribution is -0.133. The average molecular weight is 347 g/mol. The van der Waals surface area contributed by atoms with Crippen molar-refractivity contribution in [1.82, 2.24) is 5.32 Å². The first-order valence-corrected chi connectivity index (χ1v) is 7.78. The van der Waals surface area contributed by atoms with E-state index in [0.29, 0.717) is 17.5 Å². The molecule has 0 unspecified atom stereocenters. The second-order valence-corrected chi connectivity index (χ2v) is 7.84. The van der Waals surface area contributed by atoms with Crippen LogP contribution in [-0.4, -0.2) is 10.9 Å². The van der Waals surface area contributed by atoms with Crippen molar-refractivity contribution in [2.24, 2.45) is 17.1 Å². The molecule has 1 aromatic rings. The first-order valence-electron chi connectivity index (χ1n) is 5.76. The van der Waals surface area contributed by atoms with E-state index in [4.69, 9.17) is 18.0 Å². The van der Waals surface area contributed by atoms with Crippen LogP contribution in [0, 0.1) is 11.3 Å². The van der Waals surface area contributed by atoms with E-state index in [-0.39, 0.29) is 5.91 Å². The smallest absolute Gasteiger partial charge is 0.233 e. The van der Waals surface area contributed by atoms with Crippen LogP contribution >= 0.6 is 39.5 Å². The van der Waals surface area contributed by atoms with Crippen LogP contribution in [-0.2, 0) is 11.3 Å². The molecule has 3 N–H and O–H groups in total. The number of amides is 1. The van der Waals surface area contributed by atoms with Gasteiger partial charge in [0.15, 0.2) is 0 Å². The maximum atomic E-state index is 12.2. The van der Waals surface area contributed by atoms with Crippen LogP contribution in [0.25, 0.3) is 0 Å². The lowest BCUT2D eigenvalue weighted by Gasteiger charge is -2.44. The predicted molar refractivity (Wildman–Crippen MR) is 81.5 cm³/mol. The Morgan fingerprint density at radius 3 is 2.78 bits per heavy atom. The van der Waals surface area contributed by atoms with Crippen molar-refractivity contribution in [3.05, 3.63) is 20.8 Å². The summed E-state index contributed by atoms with van der Waals surface area (Å²) in [6, 6.07) is 3.97. The van der Waals surface area contributed by atoms with E-state index in [1.807, 2.05) is 12.1 Å². The number of nitrogens with one attached hydrogen (secondary N) is 1. The number of thiocarbonyl (C=S) groups is 1. The molecule has 2 rings (SSSR count). The summed E-state index contributed by atoms with van der Waals surface area (Å²) in [7, 11) is 0. The van der Waals surface area contributed by atoms with Crippen molar-refractivity contribution in [2.75, 3.05) is 0 Å². The monoisotopic (exact) mass is 346 g/mol. The third-order valence-electron chi connectivity index (χ3n) is 3.35. The molecule has 1 fully saturated rings. The van der Waals surface area contributed by atoms with Gasteiger partial charge in [0, 0.05) is 4.88 Å². The van der Waals surface area contributed by atoms with E-state index in [1.54, 1.807) is 11.3 Å². The molecule has 0 bridgehead atoms. The molecule has 98 valence electrons. The molecular formula is C12H15BrN2OS2. The standard InChI is InChI=1S/C12H15BrN2OS2/c1-7-4-12(5-7,10(14)17)11(16)15-6-8-2-3-9(13)18-8/h2-3,7H,4-6H2,1H3,(H2,14,17)(H,15,16). The van der Waals surface area contributed by atoms with Crippen LogP contribution in [0.15, 0.2) is 15.9 Å². The van der Waals surface area contributed by atoms with Crippen LogP contribution in [0.1, 0.15) is 24.6 Å². The minimum Gasteiger partial charge on any atom is -0.392 e. The van der Waals surface area contributed by atoms with Gasteiger partial charge in [-0.1, -0.05) is 19.1 Å². The van der Waals surface area contributed by atoms with Crippen LogP contribution in [0.2, 0.25) is 0 Å². The van der Waals surface area contributed by atoms with Gasteiger partial charge in [0.05, 0.1) is 20.7 Å². The quantitative estimate of drug-likeness (QED) is 0.824. The number of hydrogen-bond donors (Lipinski definition) is 2. The Hall–Kier alpha value is -0.460. The molecule has 1 aliphatic rings. The van der Waals surface area contributed by atoms with Crippen molar-refractivity contribution in [2.45, 2.75) is 26.3 Å². The Kier molecular flexibility index (Phi) is 4.08. The maximum Gasteiger partial charge on any atom is 0.233 e. The van der Waals surface area contributed by atoms with E-state index in [9.17, 15) is 4.79 Å². The summed E-state index contributed by atoms with van der Waals surface area (Å²) in [5, 5.41) is 2.94. The number of rotatable bonds is 4. The molecule has 18 heavy (non-hydrogen) atoms. The molecule has 1 amide bonds. The van der Waals surface area contributed by atoms with Crippen molar-refractivity contribution >= 4 is 50.4 Å². The average Bonchev–Trinajstić information content (AvgIpc) is 2.67. The predicted octanol–water partition coefficient (Wildman–Crippen LogP) is 2.83. The van der Waals surface area contributed by atoms with Gasteiger partial charge >= 0.3 is 0 Å². The van der Waals surface area contributed by atoms with Gasteiger partial charge in [0.2, 0.25) is 5.91 Å². The minimum absolute atomic E-state index is 0.0300. The zero-order chi connectivity index (χ0) is 13.3. The Morgan fingerprint density at radius 1 is 1.67 bits per heavy atom. The van der Waals surface area contributed by atoms with Crippen LogP contribution in [0.5, 0.6) is 0 Å². The molecule has 3 nitrogen and oxygen atoms in total. The molecule has 1 saturated carbocycles. The van der Waals surface area contributed by atoms with Gasteiger partial charge in [-0.2, -0.15) is 0 Å². The van der Waals surface area contributed by atoms with Gasteiger partial charge in [-0.05, 0) is 46.8 Å². The Bertz CT molecular complexity index is 480. The summed E-state index contributed by atoms with van der Waals surface area (Å²) >= 11 is 10.1. The molecule has 0 saturated heterocycles. The first-order chi connectivity index (χ1) is 8.44. The Labute approximate surface area is 124 Å². The van der Waals surface area contributed by atoms with Gasteiger partial charge in [-0.3, -0.25) is 4.79 Å². The lowest BCUT2D eigenvalue weighted by atomic mass is 9.62. The van der Waals surface area contributed by atoms with Crippen LogP contribution in [0.3, 0.4) is 0 Å². The Morgan fingerprint density at radius 2 is 2.33 bits per heavy atom. The van der Waals surface area contributed by atoms with E-state index in [1.165, 1.54) is 0 Å². The Balaban J connectivity index is 1.97. The molecule has 6 heteroatoms. The number of thiophene rings is 1. The number of hydrogen-bond acceptors (Lipinski definition) is 3. The zero-order valence-electron chi connectivity index (χ0n) is 10.0. The van der Waals surface area contributed by atoms with Crippen molar-refractivity contribution in [1.29, 1.82) is 0 Å². The molecule has 0 aliphatic heterocycles. The van der Waals surface area contributed by atoms with Crippen molar-refractivity contribution in [3.8, 4) is 0 Å². The van der Waals surface area contributed by atoms with Gasteiger partial charge in [0.1, 0.15) is 0 Å². The molecule has 0 atom stereocenters. The number of nitrogens with two attached hydrogens (primary N) is 1. The molecule has 0 radical (unpaired) electrons. The molecular weight excluding hydrogens is 332 g/mol. The van der Waals surface area contributed by atoms with Gasteiger partial charge < -0.3 is 11.1 Å². The van der Waals surface area contributed by atoms with E-state index in [0.717, 1.165) is 21.5 Å². The van der Waals surface area contributed by atoms with Crippen molar-refractivity contribution in [3.63, 3.8) is 0 Å². The summed E-state index contributed by atoms with van der Waals surface area (Å²) in [5.74, 6) is 0.491. The maximum absolute atomic E-state index is 12.2. The molecule has 0 spiro atoms. The summed E-state index contributed by atoms with van der Waals surface area (Å²) in [4.78, 5) is 13.7. The highest BCUT2D eigenvalue weighted by molar-refractivity contribution is 9.11. The van der Waals surface area contributed by atoms with Gasteiger partial charge in [-0.25, -0.2) is 0 Å². The second kappa shape index (κ2) is 5.27. The number of halogens is 1. The molecule has 0 aromatic carbocycles. The topological polar surface area (TPSA) is 55.1 Å². The van der Waals surface area contributed by atoms with Gasteiger partial charge in [-0.15, -0.1) is 11.3 Å². The third kappa shape index (κ3) is 2.60. The largest absolute Gasteiger partial charge is 0.392 e. The summed E-state index contributed by atoms with van der Waals surface area (Å²) in [6.45, 7) is 2.65. The SMILES string of the molecule is CC1CC(C(=O)NCc2ccc(Br)s2)(C(N)=S)C1. The molecule has 1 aromatic heterocycles. The normalized spacial score (nSPS) is 26.4. The van der Waals surface area contributed by atoms with Gasteiger partial charge in [0.25, 0.3) is 0 Å². The summed E-state index contributed by atoms with van der Waals surface area (Å²) in [6.07, 6.45) is 1.53. The fourth-order valence-electron chi connectivity index (χ4n) is 2.41. The van der Waals surface area contributed by atoms with E-state index < -0.39 is 5.41 Å². The van der Waals surface area contributed by atoms with E-state index >= 15 is 0 Å². The molecule has 1 aliphatic carbocycles. The molecule has 1 heterocycles. The van der Waals surface area contributed by atoms with Crippen molar-refractivity contribution < 1.29 is 4.79 Å². The summed E-state index contributed by atoms with van der Waals surface area (Å²) in [5.41, 5.74) is 5.13. The zero-order valence-corrected chi connectivity index (χ0v) is 13.3. The highest BCUT2D eigenvalue weighted by atomic mass is 79.9. The third-order valence-corrected chi connectivity index (χ3v) is 5.37.